The van der Waals surface area contributed by atoms with Crippen LogP contribution in [0, 0.1) is 5.41 Å². The molecule has 1 unspecified atom stereocenters. The van der Waals surface area contributed by atoms with Gasteiger partial charge in [0.2, 0.25) is 0 Å². The number of piperidine rings is 1. The topological polar surface area (TPSA) is 29.1 Å². The fraction of sp³-hybridized carbons (Fsp3) is 0.533. The highest BCUT2D eigenvalue weighted by atomic mass is 79.9. The van der Waals surface area contributed by atoms with Crippen LogP contribution in [-0.4, -0.2) is 18.9 Å². The molecular formula is C15H20BrNO. The first-order valence-electron chi connectivity index (χ1n) is 6.65. The van der Waals surface area contributed by atoms with E-state index in [1.807, 2.05) is 24.3 Å². The predicted molar refractivity (Wildman–Crippen MR) is 77.7 cm³/mol. The second-order valence-electron chi connectivity index (χ2n) is 5.11. The molecule has 1 aliphatic heterocycles. The molecule has 1 saturated heterocycles. The van der Waals surface area contributed by atoms with Gasteiger partial charge in [-0.2, -0.15) is 0 Å². The summed E-state index contributed by atoms with van der Waals surface area (Å²) in [6.07, 6.45) is 3.61. The van der Waals surface area contributed by atoms with Gasteiger partial charge in [-0.1, -0.05) is 41.1 Å². The molecule has 0 aromatic heterocycles. The summed E-state index contributed by atoms with van der Waals surface area (Å²) in [5, 5.41) is 3.38. The van der Waals surface area contributed by atoms with E-state index in [1.54, 1.807) is 0 Å². The number of hydrogen-bond acceptors (Lipinski definition) is 2. The van der Waals surface area contributed by atoms with Crippen LogP contribution in [0.1, 0.15) is 31.7 Å². The lowest BCUT2D eigenvalue weighted by atomic mass is 9.73. The summed E-state index contributed by atoms with van der Waals surface area (Å²) in [5.41, 5.74) is 0.953. The monoisotopic (exact) mass is 309 g/mol. The van der Waals surface area contributed by atoms with Crippen molar-refractivity contribution in [3.05, 3.63) is 34.3 Å². The van der Waals surface area contributed by atoms with Crippen molar-refractivity contribution in [2.24, 2.45) is 5.41 Å². The molecule has 0 amide bonds. The first-order valence-corrected chi connectivity index (χ1v) is 7.45. The van der Waals surface area contributed by atoms with Gasteiger partial charge in [0.15, 0.2) is 0 Å². The molecule has 3 heteroatoms. The summed E-state index contributed by atoms with van der Waals surface area (Å²) in [6.45, 7) is 4.02. The number of ketones is 1. The fourth-order valence-corrected chi connectivity index (χ4v) is 3.13. The lowest BCUT2D eigenvalue weighted by Gasteiger charge is -2.35. The van der Waals surface area contributed by atoms with Gasteiger partial charge in [0.05, 0.1) is 0 Å². The minimum absolute atomic E-state index is 0.145. The van der Waals surface area contributed by atoms with Crippen LogP contribution in [0.4, 0.5) is 0 Å². The summed E-state index contributed by atoms with van der Waals surface area (Å²) in [7, 11) is 0. The Morgan fingerprint density at radius 1 is 1.44 bits per heavy atom. The Morgan fingerprint density at radius 2 is 2.22 bits per heavy atom. The largest absolute Gasteiger partial charge is 0.316 e. The van der Waals surface area contributed by atoms with Crippen LogP contribution in [0.25, 0.3) is 0 Å². The average Bonchev–Trinajstić information content (AvgIpc) is 2.42. The molecule has 0 saturated carbocycles. The van der Waals surface area contributed by atoms with Crippen LogP contribution in [0.2, 0.25) is 0 Å². The zero-order valence-electron chi connectivity index (χ0n) is 10.8. The van der Waals surface area contributed by atoms with Gasteiger partial charge >= 0.3 is 0 Å². The van der Waals surface area contributed by atoms with E-state index in [2.05, 4.69) is 28.2 Å². The zero-order valence-corrected chi connectivity index (χ0v) is 12.4. The number of hydrogen-bond donors (Lipinski definition) is 1. The highest BCUT2D eigenvalue weighted by Gasteiger charge is 2.37. The molecular weight excluding hydrogens is 290 g/mol. The maximum atomic E-state index is 12.6. The van der Waals surface area contributed by atoms with Crippen LogP contribution in [0.5, 0.6) is 0 Å². The lowest BCUT2D eigenvalue weighted by molar-refractivity contribution is -0.129. The van der Waals surface area contributed by atoms with Crippen molar-refractivity contribution < 1.29 is 4.79 Å². The van der Waals surface area contributed by atoms with E-state index < -0.39 is 0 Å². The van der Waals surface area contributed by atoms with E-state index in [9.17, 15) is 4.79 Å². The van der Waals surface area contributed by atoms with Gasteiger partial charge in [0, 0.05) is 22.9 Å². The third-order valence-corrected chi connectivity index (χ3v) is 4.82. The normalized spacial score (nSPS) is 23.9. The molecule has 98 valence electrons. The molecule has 0 radical (unpaired) electrons. The highest BCUT2D eigenvalue weighted by Crippen LogP contribution is 2.33. The molecule has 1 aromatic carbocycles. The van der Waals surface area contributed by atoms with E-state index in [4.69, 9.17) is 0 Å². The number of carbonyl (C=O) groups is 1. The molecule has 1 fully saturated rings. The van der Waals surface area contributed by atoms with Gasteiger partial charge in [-0.05, 0) is 37.4 Å². The molecule has 1 aromatic rings. The standard InChI is InChI=1S/C15H20BrNO/c1-2-15(8-5-9-17-11-15)14(18)10-12-6-3-4-7-13(12)16/h3-4,6-7,17H,2,5,8-11H2,1H3. The van der Waals surface area contributed by atoms with Crippen molar-refractivity contribution >= 4 is 21.7 Å². The fourth-order valence-electron chi connectivity index (χ4n) is 2.71. The SMILES string of the molecule is CCC1(C(=O)Cc2ccccc2Br)CCCNC1. The number of carbonyl (C=O) groups excluding carboxylic acids is 1. The maximum Gasteiger partial charge on any atom is 0.144 e. The van der Waals surface area contributed by atoms with Gasteiger partial charge in [0.1, 0.15) is 5.78 Å². The number of benzene rings is 1. The molecule has 1 N–H and O–H groups in total. The second-order valence-corrected chi connectivity index (χ2v) is 5.96. The lowest BCUT2D eigenvalue weighted by Crippen LogP contribution is -2.45. The van der Waals surface area contributed by atoms with E-state index in [0.717, 1.165) is 42.4 Å². The molecule has 0 bridgehead atoms. The van der Waals surface area contributed by atoms with Crippen molar-refractivity contribution in [2.45, 2.75) is 32.6 Å². The molecule has 0 aliphatic carbocycles. The average molecular weight is 310 g/mol. The Kier molecular flexibility index (Phi) is 4.57. The van der Waals surface area contributed by atoms with Crippen molar-refractivity contribution in [2.75, 3.05) is 13.1 Å². The second kappa shape index (κ2) is 5.98. The minimum Gasteiger partial charge on any atom is -0.316 e. The number of nitrogens with one attached hydrogen (secondary N) is 1. The molecule has 2 rings (SSSR count). The van der Waals surface area contributed by atoms with Gasteiger partial charge in [-0.25, -0.2) is 0 Å². The van der Waals surface area contributed by atoms with Crippen molar-refractivity contribution in [3.63, 3.8) is 0 Å². The van der Waals surface area contributed by atoms with Crippen LogP contribution in [0.15, 0.2) is 28.7 Å². The van der Waals surface area contributed by atoms with Crippen molar-refractivity contribution in [1.82, 2.24) is 5.32 Å². The van der Waals surface area contributed by atoms with Gasteiger partial charge in [0.25, 0.3) is 0 Å². The van der Waals surface area contributed by atoms with Crippen LogP contribution < -0.4 is 5.32 Å². The quantitative estimate of drug-likeness (QED) is 0.924. The molecule has 0 spiro atoms. The molecule has 1 heterocycles. The van der Waals surface area contributed by atoms with Crippen molar-refractivity contribution in [1.29, 1.82) is 0 Å². The minimum atomic E-state index is -0.145. The van der Waals surface area contributed by atoms with Gasteiger partial charge in [-0.15, -0.1) is 0 Å². The Morgan fingerprint density at radius 3 is 2.83 bits per heavy atom. The Labute approximate surface area is 117 Å². The molecule has 1 aliphatic rings. The Balaban J connectivity index is 2.13. The smallest absolute Gasteiger partial charge is 0.144 e. The van der Waals surface area contributed by atoms with E-state index >= 15 is 0 Å². The molecule has 1 atom stereocenters. The predicted octanol–water partition coefficient (Wildman–Crippen LogP) is 3.34. The first-order chi connectivity index (χ1) is 8.68. The van der Waals surface area contributed by atoms with E-state index in [1.165, 1.54) is 0 Å². The Bertz CT molecular complexity index is 424. The van der Waals surface area contributed by atoms with E-state index in [-0.39, 0.29) is 5.41 Å². The number of halogens is 1. The van der Waals surface area contributed by atoms with Gasteiger partial charge < -0.3 is 5.32 Å². The number of rotatable bonds is 4. The third-order valence-electron chi connectivity index (χ3n) is 4.05. The summed E-state index contributed by atoms with van der Waals surface area (Å²) in [6, 6.07) is 8.00. The van der Waals surface area contributed by atoms with Crippen molar-refractivity contribution in [3.8, 4) is 0 Å². The number of Topliss-reactive ketones (excluding diaryl/α,β-unsaturated/α-hetero) is 1. The zero-order chi connectivity index (χ0) is 13.0. The summed E-state index contributed by atoms with van der Waals surface area (Å²) in [4.78, 5) is 12.6. The highest BCUT2D eigenvalue weighted by molar-refractivity contribution is 9.10. The summed E-state index contributed by atoms with van der Waals surface area (Å²) < 4.78 is 1.04. The van der Waals surface area contributed by atoms with Gasteiger partial charge in [-0.3, -0.25) is 4.79 Å². The Hall–Kier alpha value is -0.670. The maximum absolute atomic E-state index is 12.6. The summed E-state index contributed by atoms with van der Waals surface area (Å²) in [5.74, 6) is 0.379. The third kappa shape index (κ3) is 2.83. The molecule has 2 nitrogen and oxygen atoms in total. The van der Waals surface area contributed by atoms with Crippen LogP contribution in [-0.2, 0) is 11.2 Å². The molecule has 18 heavy (non-hydrogen) atoms. The first kappa shape index (κ1) is 13.8. The van der Waals surface area contributed by atoms with Crippen LogP contribution in [0.3, 0.4) is 0 Å². The summed E-state index contributed by atoms with van der Waals surface area (Å²) >= 11 is 3.52. The van der Waals surface area contributed by atoms with E-state index in [0.29, 0.717) is 12.2 Å². The van der Waals surface area contributed by atoms with Crippen LogP contribution >= 0.6 is 15.9 Å².